The molecule has 1 aliphatic rings. The average Bonchev–Trinajstić information content (AvgIpc) is 3.18. The van der Waals surface area contributed by atoms with E-state index in [0.717, 1.165) is 24.5 Å². The van der Waals surface area contributed by atoms with Gasteiger partial charge in [-0.15, -0.1) is 5.10 Å². The Hall–Kier alpha value is -1.69. The van der Waals surface area contributed by atoms with Gasteiger partial charge >= 0.3 is 0 Å². The molecule has 2 aromatic rings. The molecule has 3 rings (SSSR count). The van der Waals surface area contributed by atoms with Crippen molar-refractivity contribution < 1.29 is 0 Å². The molecule has 0 bridgehead atoms. The zero-order chi connectivity index (χ0) is 13.8. The van der Waals surface area contributed by atoms with Crippen LogP contribution in [0, 0.1) is 0 Å². The van der Waals surface area contributed by atoms with Crippen LogP contribution in [0.4, 0.5) is 0 Å². The Morgan fingerprint density at radius 1 is 1.30 bits per heavy atom. The van der Waals surface area contributed by atoms with Crippen LogP contribution in [0.25, 0.3) is 0 Å². The van der Waals surface area contributed by atoms with Gasteiger partial charge in [0, 0.05) is 12.7 Å². The first-order chi connectivity index (χ1) is 9.85. The minimum Gasteiger partial charge on any atom is -0.311 e. The highest BCUT2D eigenvalue weighted by Gasteiger charge is 2.17. The van der Waals surface area contributed by atoms with E-state index in [0.29, 0.717) is 12.6 Å². The van der Waals surface area contributed by atoms with Gasteiger partial charge in [0.1, 0.15) is 0 Å². The van der Waals surface area contributed by atoms with Crippen LogP contribution in [-0.2, 0) is 13.1 Å². The van der Waals surface area contributed by atoms with E-state index in [1.807, 2.05) is 10.9 Å². The Bertz CT molecular complexity index is 537. The van der Waals surface area contributed by atoms with Crippen LogP contribution in [0.15, 0.2) is 18.5 Å². The van der Waals surface area contributed by atoms with E-state index in [4.69, 9.17) is 0 Å². The molecular formula is C14H22N6. The normalized spacial score (nSPS) is 16.1. The zero-order valence-corrected chi connectivity index (χ0v) is 12.0. The van der Waals surface area contributed by atoms with Crippen molar-refractivity contribution in [1.29, 1.82) is 0 Å². The highest BCUT2D eigenvalue weighted by Crippen LogP contribution is 2.28. The third kappa shape index (κ3) is 3.07. The average molecular weight is 274 g/mol. The summed E-state index contributed by atoms with van der Waals surface area (Å²) in [5, 5.41) is 16.2. The van der Waals surface area contributed by atoms with Crippen molar-refractivity contribution in [2.75, 3.05) is 6.54 Å². The zero-order valence-electron chi connectivity index (χ0n) is 12.0. The molecule has 0 aromatic carbocycles. The smallest absolute Gasteiger partial charge is 0.0964 e. The van der Waals surface area contributed by atoms with E-state index in [2.05, 4.69) is 44.6 Å². The summed E-state index contributed by atoms with van der Waals surface area (Å²) in [6, 6.07) is 2.69. The van der Waals surface area contributed by atoms with Crippen LogP contribution in [0.2, 0.25) is 0 Å². The monoisotopic (exact) mass is 274 g/mol. The van der Waals surface area contributed by atoms with E-state index in [9.17, 15) is 0 Å². The number of hydrogen-bond donors (Lipinski definition) is 1. The van der Waals surface area contributed by atoms with Crippen molar-refractivity contribution in [3.8, 4) is 0 Å². The van der Waals surface area contributed by atoms with Gasteiger partial charge in [-0.05, 0) is 25.5 Å². The highest BCUT2D eigenvalue weighted by molar-refractivity contribution is 5.02. The lowest BCUT2D eigenvalue weighted by Gasteiger charge is -2.08. The number of aromatic nitrogens is 5. The maximum Gasteiger partial charge on any atom is 0.0964 e. The Kier molecular flexibility index (Phi) is 4.11. The van der Waals surface area contributed by atoms with Crippen LogP contribution in [-0.4, -0.2) is 31.3 Å². The van der Waals surface area contributed by atoms with Crippen LogP contribution in [0.3, 0.4) is 0 Å². The summed E-state index contributed by atoms with van der Waals surface area (Å²) in [7, 11) is 0. The topological polar surface area (TPSA) is 60.6 Å². The molecule has 1 N–H and O–H groups in total. The number of rotatable bonds is 6. The van der Waals surface area contributed by atoms with Crippen LogP contribution in [0.1, 0.15) is 50.0 Å². The van der Waals surface area contributed by atoms with Crippen molar-refractivity contribution in [2.24, 2.45) is 0 Å². The summed E-state index contributed by atoms with van der Waals surface area (Å²) >= 11 is 0. The third-order valence-corrected chi connectivity index (χ3v) is 3.83. The SMILES string of the molecule is CCNCc1cn(Cc2ccn(C3CCCC3)n2)nn1. The highest BCUT2D eigenvalue weighted by atomic mass is 15.4. The Labute approximate surface area is 119 Å². The van der Waals surface area contributed by atoms with Crippen molar-refractivity contribution >= 4 is 0 Å². The fourth-order valence-electron chi connectivity index (χ4n) is 2.75. The van der Waals surface area contributed by atoms with Gasteiger partial charge in [-0.25, -0.2) is 4.68 Å². The molecule has 1 fully saturated rings. The lowest BCUT2D eigenvalue weighted by atomic mass is 10.3. The van der Waals surface area contributed by atoms with Crippen LogP contribution >= 0.6 is 0 Å². The Morgan fingerprint density at radius 2 is 2.15 bits per heavy atom. The summed E-state index contributed by atoms with van der Waals surface area (Å²) < 4.78 is 3.98. The molecule has 0 unspecified atom stereocenters. The predicted molar refractivity (Wildman–Crippen MR) is 76.2 cm³/mol. The molecule has 0 radical (unpaired) electrons. The van der Waals surface area contributed by atoms with Crippen LogP contribution in [0.5, 0.6) is 0 Å². The lowest BCUT2D eigenvalue weighted by molar-refractivity contribution is 0.460. The molecule has 0 spiro atoms. The molecule has 2 aromatic heterocycles. The van der Waals surface area contributed by atoms with E-state index in [1.54, 1.807) is 0 Å². The van der Waals surface area contributed by atoms with Crippen molar-refractivity contribution in [1.82, 2.24) is 30.1 Å². The van der Waals surface area contributed by atoms with Crippen molar-refractivity contribution in [2.45, 2.75) is 51.7 Å². The van der Waals surface area contributed by atoms with Crippen LogP contribution < -0.4 is 5.32 Å². The first-order valence-electron chi connectivity index (χ1n) is 7.49. The second-order valence-electron chi connectivity index (χ2n) is 5.41. The summed E-state index contributed by atoms with van der Waals surface area (Å²) in [4.78, 5) is 0. The second kappa shape index (κ2) is 6.17. The van der Waals surface area contributed by atoms with Crippen molar-refractivity contribution in [3.63, 3.8) is 0 Å². The number of nitrogens with one attached hydrogen (secondary N) is 1. The first kappa shape index (κ1) is 13.3. The molecule has 0 atom stereocenters. The molecule has 0 saturated heterocycles. The van der Waals surface area contributed by atoms with Gasteiger partial charge in [0.15, 0.2) is 0 Å². The Morgan fingerprint density at radius 3 is 2.95 bits per heavy atom. The van der Waals surface area contributed by atoms with E-state index < -0.39 is 0 Å². The molecule has 108 valence electrons. The minimum atomic E-state index is 0.601. The van der Waals surface area contributed by atoms with Gasteiger partial charge in [-0.2, -0.15) is 5.10 Å². The first-order valence-corrected chi connectivity index (χ1v) is 7.49. The maximum absolute atomic E-state index is 4.67. The predicted octanol–water partition coefficient (Wildman–Crippen LogP) is 1.75. The summed E-state index contributed by atoms with van der Waals surface area (Å²) in [6.07, 6.45) is 9.26. The summed E-state index contributed by atoms with van der Waals surface area (Å²) in [5.74, 6) is 0. The van der Waals surface area contributed by atoms with Gasteiger partial charge in [-0.3, -0.25) is 4.68 Å². The fraction of sp³-hybridized carbons (Fsp3) is 0.643. The molecule has 0 amide bonds. The molecule has 2 heterocycles. The molecule has 1 saturated carbocycles. The quantitative estimate of drug-likeness (QED) is 0.871. The largest absolute Gasteiger partial charge is 0.311 e. The summed E-state index contributed by atoms with van der Waals surface area (Å²) in [5.41, 5.74) is 2.03. The van der Waals surface area contributed by atoms with Gasteiger partial charge in [-0.1, -0.05) is 25.0 Å². The van der Waals surface area contributed by atoms with Crippen molar-refractivity contribution in [3.05, 3.63) is 29.8 Å². The second-order valence-corrected chi connectivity index (χ2v) is 5.41. The van der Waals surface area contributed by atoms with Gasteiger partial charge in [0.05, 0.1) is 30.2 Å². The molecule has 20 heavy (non-hydrogen) atoms. The number of nitrogens with zero attached hydrogens (tertiary/aromatic N) is 5. The molecular weight excluding hydrogens is 252 g/mol. The van der Waals surface area contributed by atoms with Gasteiger partial charge in [0.25, 0.3) is 0 Å². The Balaban J connectivity index is 1.61. The molecule has 1 aliphatic carbocycles. The lowest BCUT2D eigenvalue weighted by Crippen LogP contribution is -2.11. The van der Waals surface area contributed by atoms with E-state index >= 15 is 0 Å². The van der Waals surface area contributed by atoms with E-state index in [-0.39, 0.29) is 0 Å². The molecule has 6 heteroatoms. The third-order valence-electron chi connectivity index (χ3n) is 3.83. The van der Waals surface area contributed by atoms with Gasteiger partial charge in [0.2, 0.25) is 0 Å². The molecule has 6 nitrogen and oxygen atoms in total. The molecule has 0 aliphatic heterocycles. The summed E-state index contributed by atoms with van der Waals surface area (Å²) in [6.45, 7) is 4.49. The van der Waals surface area contributed by atoms with E-state index in [1.165, 1.54) is 25.7 Å². The minimum absolute atomic E-state index is 0.601. The maximum atomic E-state index is 4.67. The standard InChI is InChI=1S/C14H22N6/c1-2-15-9-13-11-19(18-16-13)10-12-7-8-20(17-12)14-5-3-4-6-14/h7-8,11,14-15H,2-6,9-10H2,1H3. The fourth-order valence-corrected chi connectivity index (χ4v) is 2.75. The number of hydrogen-bond acceptors (Lipinski definition) is 4. The van der Waals surface area contributed by atoms with Gasteiger partial charge < -0.3 is 5.32 Å².